The Kier molecular flexibility index (Phi) is 4.44. The number of fused-ring (bicyclic) bond motifs is 1. The Hall–Kier alpha value is -0.840. The van der Waals surface area contributed by atoms with Crippen LogP contribution in [0.2, 0.25) is 5.02 Å². The first-order valence-electron chi connectivity index (χ1n) is 7.64. The molecule has 0 aromatic carbocycles. The summed E-state index contributed by atoms with van der Waals surface area (Å²) >= 11 is 6.29. The van der Waals surface area contributed by atoms with Crippen molar-refractivity contribution in [2.24, 2.45) is 11.8 Å². The van der Waals surface area contributed by atoms with Gasteiger partial charge in [0.05, 0.1) is 10.7 Å². The molecule has 2 aliphatic rings. The Labute approximate surface area is 125 Å². The van der Waals surface area contributed by atoms with Crippen LogP contribution in [0.5, 0.6) is 0 Å². The lowest BCUT2D eigenvalue weighted by Gasteiger charge is -2.44. The molecule has 1 saturated heterocycles. The van der Waals surface area contributed by atoms with E-state index in [1.807, 2.05) is 12.1 Å². The fourth-order valence-electron chi connectivity index (χ4n) is 3.79. The summed E-state index contributed by atoms with van der Waals surface area (Å²) in [5, 5.41) is 0.738. The number of halogens is 1. The molecule has 3 N–H and O–H groups in total. The quantitative estimate of drug-likeness (QED) is 0.664. The van der Waals surface area contributed by atoms with Gasteiger partial charge in [-0.25, -0.2) is 10.8 Å². The minimum absolute atomic E-state index is 0.682. The predicted molar refractivity (Wildman–Crippen MR) is 82.4 cm³/mol. The second-order valence-corrected chi connectivity index (χ2v) is 6.40. The third-order valence-corrected chi connectivity index (χ3v) is 5.12. The van der Waals surface area contributed by atoms with Crippen LogP contribution in [0.15, 0.2) is 12.1 Å². The van der Waals surface area contributed by atoms with E-state index in [2.05, 4.69) is 15.3 Å². The van der Waals surface area contributed by atoms with E-state index in [4.69, 9.17) is 17.4 Å². The highest BCUT2D eigenvalue weighted by molar-refractivity contribution is 6.31. The minimum atomic E-state index is 0.682. The molecule has 2 atom stereocenters. The first kappa shape index (κ1) is 14.1. The number of nitrogens with one attached hydrogen (secondary N) is 1. The number of aromatic nitrogens is 1. The van der Waals surface area contributed by atoms with Crippen LogP contribution in [0.3, 0.4) is 0 Å². The average molecular weight is 295 g/mol. The Morgan fingerprint density at radius 2 is 2.05 bits per heavy atom. The smallest absolute Gasteiger partial charge is 0.140 e. The molecule has 0 radical (unpaired) electrons. The number of nitrogens with zero attached hydrogens (tertiary/aromatic N) is 2. The zero-order valence-electron chi connectivity index (χ0n) is 11.8. The molecule has 0 bridgehead atoms. The number of pyridine rings is 1. The predicted octanol–water partition coefficient (Wildman–Crippen LogP) is 3.18. The van der Waals surface area contributed by atoms with Gasteiger partial charge in [-0.15, -0.1) is 0 Å². The van der Waals surface area contributed by atoms with Gasteiger partial charge in [0.25, 0.3) is 0 Å². The van der Waals surface area contributed by atoms with Gasteiger partial charge in [0, 0.05) is 12.6 Å². The van der Waals surface area contributed by atoms with Crippen molar-refractivity contribution in [1.82, 2.24) is 9.88 Å². The van der Waals surface area contributed by atoms with Gasteiger partial charge in [-0.3, -0.25) is 4.90 Å². The maximum atomic E-state index is 6.29. The summed E-state index contributed by atoms with van der Waals surface area (Å²) in [6.45, 7) is 2.01. The van der Waals surface area contributed by atoms with E-state index in [0.717, 1.165) is 29.2 Å². The molecule has 3 rings (SSSR count). The van der Waals surface area contributed by atoms with Crippen LogP contribution < -0.4 is 11.3 Å². The number of hydrazine groups is 1. The van der Waals surface area contributed by atoms with Gasteiger partial charge in [0.2, 0.25) is 0 Å². The molecular formula is C15H23ClN4. The highest BCUT2D eigenvalue weighted by Gasteiger charge is 2.33. The fraction of sp³-hybridized carbons (Fsp3) is 0.667. The summed E-state index contributed by atoms with van der Waals surface area (Å²) in [5.41, 5.74) is 3.54. The normalized spacial score (nSPS) is 27.1. The Balaban J connectivity index is 1.75. The summed E-state index contributed by atoms with van der Waals surface area (Å²) in [7, 11) is 0. The number of nitrogen functional groups attached to an aromatic ring is 1. The summed E-state index contributed by atoms with van der Waals surface area (Å²) in [5.74, 6) is 7.00. The number of likely N-dealkylation sites (tertiary alicyclic amines) is 1. The maximum Gasteiger partial charge on any atom is 0.140 e. The topological polar surface area (TPSA) is 54.2 Å². The van der Waals surface area contributed by atoms with Gasteiger partial charge < -0.3 is 5.43 Å². The van der Waals surface area contributed by atoms with E-state index < -0.39 is 0 Å². The van der Waals surface area contributed by atoms with Gasteiger partial charge in [0.1, 0.15) is 5.82 Å². The first-order chi connectivity index (χ1) is 9.78. The number of anilines is 1. The highest BCUT2D eigenvalue weighted by Crippen LogP contribution is 2.36. The summed E-state index contributed by atoms with van der Waals surface area (Å²) in [6.07, 6.45) is 8.19. The largest absolute Gasteiger partial charge is 0.308 e. The number of hydrogen-bond donors (Lipinski definition) is 2. The molecule has 20 heavy (non-hydrogen) atoms. The van der Waals surface area contributed by atoms with Gasteiger partial charge in [-0.05, 0) is 50.3 Å². The molecular weight excluding hydrogens is 272 g/mol. The Bertz CT molecular complexity index is 463. The zero-order valence-corrected chi connectivity index (χ0v) is 12.6. The van der Waals surface area contributed by atoms with Crippen molar-refractivity contribution in [2.75, 3.05) is 12.0 Å². The summed E-state index contributed by atoms with van der Waals surface area (Å²) < 4.78 is 0. The lowest BCUT2D eigenvalue weighted by molar-refractivity contribution is 0.0538. The van der Waals surface area contributed by atoms with E-state index in [9.17, 15) is 0 Å². The second-order valence-electron chi connectivity index (χ2n) is 5.99. The lowest BCUT2D eigenvalue weighted by atomic mass is 9.78. The molecule has 1 saturated carbocycles. The van der Waals surface area contributed by atoms with Crippen molar-refractivity contribution in [1.29, 1.82) is 0 Å². The zero-order chi connectivity index (χ0) is 13.9. The SMILES string of the molecule is NNc1ccc(Cl)c(CN2CCCC3CCCCC32)n1. The molecule has 0 amide bonds. The van der Waals surface area contributed by atoms with Crippen molar-refractivity contribution < 1.29 is 0 Å². The molecule has 1 aliphatic heterocycles. The van der Waals surface area contributed by atoms with Crippen molar-refractivity contribution in [3.8, 4) is 0 Å². The molecule has 0 spiro atoms. The molecule has 2 unspecified atom stereocenters. The molecule has 110 valence electrons. The number of piperidine rings is 1. The molecule has 1 aromatic rings. The van der Waals surface area contributed by atoms with Crippen molar-refractivity contribution >= 4 is 17.4 Å². The standard InChI is InChI=1S/C15H23ClN4/c16-12-7-8-15(19-17)18-13(12)10-20-9-3-5-11-4-1-2-6-14(11)20/h7-8,11,14H,1-6,9-10,17H2,(H,18,19). The summed E-state index contributed by atoms with van der Waals surface area (Å²) in [6, 6.07) is 4.41. The van der Waals surface area contributed by atoms with Crippen molar-refractivity contribution in [2.45, 2.75) is 51.1 Å². The van der Waals surface area contributed by atoms with Crippen LogP contribution in [0, 0.1) is 5.92 Å². The van der Waals surface area contributed by atoms with Crippen LogP contribution in [0.4, 0.5) is 5.82 Å². The van der Waals surface area contributed by atoms with Gasteiger partial charge in [0.15, 0.2) is 0 Å². The maximum absolute atomic E-state index is 6.29. The number of rotatable bonds is 3. The second kappa shape index (κ2) is 6.29. The van der Waals surface area contributed by atoms with E-state index >= 15 is 0 Å². The van der Waals surface area contributed by atoms with Crippen LogP contribution in [0.25, 0.3) is 0 Å². The van der Waals surface area contributed by atoms with Gasteiger partial charge >= 0.3 is 0 Å². The average Bonchev–Trinajstić information content (AvgIpc) is 2.50. The van der Waals surface area contributed by atoms with Crippen LogP contribution in [-0.4, -0.2) is 22.5 Å². The van der Waals surface area contributed by atoms with E-state index in [0.29, 0.717) is 5.82 Å². The summed E-state index contributed by atoms with van der Waals surface area (Å²) in [4.78, 5) is 7.10. The number of nitrogens with two attached hydrogens (primary N) is 1. The number of hydrogen-bond acceptors (Lipinski definition) is 4. The molecule has 2 fully saturated rings. The van der Waals surface area contributed by atoms with Crippen LogP contribution in [-0.2, 0) is 6.54 Å². The lowest BCUT2D eigenvalue weighted by Crippen LogP contribution is -2.46. The van der Waals surface area contributed by atoms with Crippen molar-refractivity contribution in [3.05, 3.63) is 22.8 Å². The monoisotopic (exact) mass is 294 g/mol. The first-order valence-corrected chi connectivity index (χ1v) is 8.02. The molecule has 1 aromatic heterocycles. The third-order valence-electron chi connectivity index (χ3n) is 4.78. The molecule has 5 heteroatoms. The van der Waals surface area contributed by atoms with Crippen molar-refractivity contribution in [3.63, 3.8) is 0 Å². The minimum Gasteiger partial charge on any atom is -0.308 e. The van der Waals surface area contributed by atoms with Crippen LogP contribution in [0.1, 0.15) is 44.2 Å². The van der Waals surface area contributed by atoms with Gasteiger partial charge in [-0.1, -0.05) is 24.4 Å². The van der Waals surface area contributed by atoms with E-state index in [-0.39, 0.29) is 0 Å². The van der Waals surface area contributed by atoms with E-state index in [1.54, 1.807) is 0 Å². The highest BCUT2D eigenvalue weighted by atomic mass is 35.5. The molecule has 2 heterocycles. The molecule has 4 nitrogen and oxygen atoms in total. The Morgan fingerprint density at radius 3 is 2.90 bits per heavy atom. The Morgan fingerprint density at radius 1 is 1.25 bits per heavy atom. The molecule has 1 aliphatic carbocycles. The fourth-order valence-corrected chi connectivity index (χ4v) is 3.96. The van der Waals surface area contributed by atoms with Crippen LogP contribution >= 0.6 is 11.6 Å². The van der Waals surface area contributed by atoms with Gasteiger partial charge in [-0.2, -0.15) is 0 Å². The third kappa shape index (κ3) is 2.92. The van der Waals surface area contributed by atoms with E-state index in [1.165, 1.54) is 45.1 Å².